The molecule has 0 saturated heterocycles. The molecule has 0 saturated carbocycles. The molecule has 29 heavy (non-hydrogen) atoms. The highest BCUT2D eigenvalue weighted by molar-refractivity contribution is 5.79. The van der Waals surface area contributed by atoms with Crippen LogP contribution in [0.3, 0.4) is 0 Å². The summed E-state index contributed by atoms with van der Waals surface area (Å²) in [5.74, 6) is -0.310. The Morgan fingerprint density at radius 2 is 1.79 bits per heavy atom. The Labute approximate surface area is 171 Å². The summed E-state index contributed by atoms with van der Waals surface area (Å²) in [6, 6.07) is 16.4. The van der Waals surface area contributed by atoms with Crippen molar-refractivity contribution in [3.63, 3.8) is 0 Å². The summed E-state index contributed by atoms with van der Waals surface area (Å²) in [5, 5.41) is 7.52. The van der Waals surface area contributed by atoms with Crippen LogP contribution in [-0.2, 0) is 17.8 Å². The fourth-order valence-corrected chi connectivity index (χ4v) is 3.35. The minimum absolute atomic E-state index is 0.0250. The molecule has 3 rings (SSSR count). The maximum atomic E-state index is 13.2. The minimum atomic E-state index is -0.285. The number of halogens is 1. The van der Waals surface area contributed by atoms with E-state index in [4.69, 9.17) is 0 Å². The van der Waals surface area contributed by atoms with Crippen LogP contribution in [0.25, 0.3) is 5.69 Å². The van der Waals surface area contributed by atoms with Crippen molar-refractivity contribution < 1.29 is 9.18 Å². The highest BCUT2D eigenvalue weighted by Crippen LogP contribution is 2.18. The summed E-state index contributed by atoms with van der Waals surface area (Å²) in [6.45, 7) is 6.03. The average Bonchev–Trinajstić information content (AvgIpc) is 2.97. The highest BCUT2D eigenvalue weighted by atomic mass is 19.1. The van der Waals surface area contributed by atoms with Gasteiger partial charge in [-0.3, -0.25) is 4.79 Å². The third-order valence-corrected chi connectivity index (χ3v) is 4.96. The Kier molecular flexibility index (Phi) is 6.77. The van der Waals surface area contributed by atoms with Crippen LogP contribution in [0.4, 0.5) is 4.39 Å². The number of aryl methyl sites for hydroxylation is 1. The third-order valence-electron chi connectivity index (χ3n) is 4.96. The SMILES string of the molecule is Cc1nn(-c2ccc(F)cc2)c(C)c1CC(=O)NCCN(C)Cc1ccccc1. The first-order chi connectivity index (χ1) is 13.9. The average molecular weight is 394 g/mol. The smallest absolute Gasteiger partial charge is 0.224 e. The molecule has 152 valence electrons. The Morgan fingerprint density at radius 1 is 1.10 bits per heavy atom. The van der Waals surface area contributed by atoms with Crippen molar-refractivity contribution in [2.75, 3.05) is 20.1 Å². The van der Waals surface area contributed by atoms with E-state index in [9.17, 15) is 9.18 Å². The first-order valence-corrected chi connectivity index (χ1v) is 9.74. The highest BCUT2D eigenvalue weighted by Gasteiger charge is 2.16. The largest absolute Gasteiger partial charge is 0.355 e. The van der Waals surface area contributed by atoms with Crippen LogP contribution in [0.2, 0.25) is 0 Å². The van der Waals surface area contributed by atoms with E-state index < -0.39 is 0 Å². The van der Waals surface area contributed by atoms with Crippen LogP contribution in [0.1, 0.15) is 22.5 Å². The van der Waals surface area contributed by atoms with Crippen LogP contribution in [-0.4, -0.2) is 40.7 Å². The van der Waals surface area contributed by atoms with E-state index in [2.05, 4.69) is 27.4 Å². The molecule has 1 heterocycles. The van der Waals surface area contributed by atoms with E-state index in [0.717, 1.165) is 35.7 Å². The quantitative estimate of drug-likeness (QED) is 0.637. The summed E-state index contributed by atoms with van der Waals surface area (Å²) >= 11 is 0. The standard InChI is InChI=1S/C23H27FN4O/c1-17-22(18(2)28(26-17)21-11-9-20(24)10-12-21)15-23(29)25-13-14-27(3)16-19-7-5-4-6-8-19/h4-12H,13-16H2,1-3H3,(H,25,29). The molecule has 1 N–H and O–H groups in total. The van der Waals surface area contributed by atoms with Gasteiger partial charge in [-0.2, -0.15) is 5.10 Å². The number of nitrogens with zero attached hydrogens (tertiary/aromatic N) is 3. The fraction of sp³-hybridized carbons (Fsp3) is 0.304. The molecular formula is C23H27FN4O. The lowest BCUT2D eigenvalue weighted by molar-refractivity contribution is -0.120. The monoisotopic (exact) mass is 394 g/mol. The van der Waals surface area contributed by atoms with Gasteiger partial charge in [0.15, 0.2) is 0 Å². The molecule has 5 nitrogen and oxygen atoms in total. The van der Waals surface area contributed by atoms with E-state index in [1.807, 2.05) is 39.1 Å². The van der Waals surface area contributed by atoms with Crippen molar-refractivity contribution in [1.29, 1.82) is 0 Å². The number of nitrogens with one attached hydrogen (secondary N) is 1. The number of amides is 1. The van der Waals surface area contributed by atoms with Gasteiger partial charge >= 0.3 is 0 Å². The van der Waals surface area contributed by atoms with Gasteiger partial charge in [0.05, 0.1) is 17.8 Å². The normalized spacial score (nSPS) is 11.1. The van der Waals surface area contributed by atoms with Crippen molar-refractivity contribution >= 4 is 5.91 Å². The summed E-state index contributed by atoms with van der Waals surface area (Å²) < 4.78 is 14.9. The number of likely N-dealkylation sites (N-methyl/N-ethyl adjacent to an activating group) is 1. The topological polar surface area (TPSA) is 50.2 Å². The molecule has 1 amide bonds. The molecule has 0 aliphatic rings. The van der Waals surface area contributed by atoms with Crippen molar-refractivity contribution in [3.8, 4) is 5.69 Å². The number of benzene rings is 2. The zero-order chi connectivity index (χ0) is 20.8. The molecule has 0 radical (unpaired) electrons. The zero-order valence-electron chi connectivity index (χ0n) is 17.2. The second-order valence-electron chi connectivity index (χ2n) is 7.29. The maximum absolute atomic E-state index is 13.2. The molecule has 0 aliphatic carbocycles. The number of carbonyl (C=O) groups excluding carboxylic acids is 1. The van der Waals surface area contributed by atoms with Crippen molar-refractivity contribution in [2.24, 2.45) is 0 Å². The van der Waals surface area contributed by atoms with Gasteiger partial charge in [-0.1, -0.05) is 30.3 Å². The Morgan fingerprint density at radius 3 is 2.48 bits per heavy atom. The molecule has 0 atom stereocenters. The zero-order valence-corrected chi connectivity index (χ0v) is 17.2. The Bertz CT molecular complexity index is 951. The molecule has 0 fully saturated rings. The summed E-state index contributed by atoms with van der Waals surface area (Å²) in [6.07, 6.45) is 0.279. The van der Waals surface area contributed by atoms with Crippen molar-refractivity contribution in [2.45, 2.75) is 26.8 Å². The molecular weight excluding hydrogens is 367 g/mol. The lowest BCUT2D eigenvalue weighted by atomic mass is 10.1. The van der Waals surface area contributed by atoms with Crippen LogP contribution in [0.5, 0.6) is 0 Å². The van der Waals surface area contributed by atoms with Crippen LogP contribution < -0.4 is 5.32 Å². The summed E-state index contributed by atoms with van der Waals surface area (Å²) in [7, 11) is 2.04. The molecule has 0 unspecified atom stereocenters. The van der Waals surface area contributed by atoms with Gasteiger partial charge in [0.1, 0.15) is 5.82 Å². The second kappa shape index (κ2) is 9.47. The maximum Gasteiger partial charge on any atom is 0.224 e. The Balaban J connectivity index is 1.53. The van der Waals surface area contributed by atoms with Crippen molar-refractivity contribution in [1.82, 2.24) is 20.0 Å². The van der Waals surface area contributed by atoms with Crippen LogP contribution in [0.15, 0.2) is 54.6 Å². The van der Waals surface area contributed by atoms with E-state index in [-0.39, 0.29) is 18.1 Å². The molecule has 0 aliphatic heterocycles. The van der Waals surface area contributed by atoms with Crippen LogP contribution in [0, 0.1) is 19.7 Å². The minimum Gasteiger partial charge on any atom is -0.355 e. The Hall–Kier alpha value is -2.99. The number of rotatable bonds is 8. The van der Waals surface area contributed by atoms with Gasteiger partial charge in [-0.25, -0.2) is 9.07 Å². The van der Waals surface area contributed by atoms with E-state index in [1.165, 1.54) is 17.7 Å². The lowest BCUT2D eigenvalue weighted by Crippen LogP contribution is -2.33. The molecule has 0 spiro atoms. The molecule has 3 aromatic rings. The number of carbonyl (C=O) groups is 1. The predicted molar refractivity (Wildman–Crippen MR) is 112 cm³/mol. The molecule has 0 bridgehead atoms. The second-order valence-corrected chi connectivity index (χ2v) is 7.29. The number of hydrogen-bond acceptors (Lipinski definition) is 3. The van der Waals surface area contributed by atoms with Crippen molar-refractivity contribution in [3.05, 3.63) is 82.9 Å². The number of aromatic nitrogens is 2. The lowest BCUT2D eigenvalue weighted by Gasteiger charge is -2.17. The molecule has 2 aromatic carbocycles. The summed E-state index contributed by atoms with van der Waals surface area (Å²) in [5.41, 5.74) is 4.64. The van der Waals surface area contributed by atoms with Gasteiger partial charge in [0, 0.05) is 30.9 Å². The first kappa shape index (κ1) is 20.7. The van der Waals surface area contributed by atoms with Gasteiger partial charge in [-0.15, -0.1) is 0 Å². The first-order valence-electron chi connectivity index (χ1n) is 9.74. The predicted octanol–water partition coefficient (Wildman–Crippen LogP) is 3.42. The number of hydrogen-bond donors (Lipinski definition) is 1. The van der Waals surface area contributed by atoms with E-state index in [1.54, 1.807) is 16.8 Å². The van der Waals surface area contributed by atoms with Gasteiger partial charge in [0.2, 0.25) is 5.91 Å². The van der Waals surface area contributed by atoms with Crippen LogP contribution >= 0.6 is 0 Å². The van der Waals surface area contributed by atoms with E-state index >= 15 is 0 Å². The van der Waals surface area contributed by atoms with Gasteiger partial charge in [0.25, 0.3) is 0 Å². The summed E-state index contributed by atoms with van der Waals surface area (Å²) in [4.78, 5) is 14.6. The molecule has 1 aromatic heterocycles. The van der Waals surface area contributed by atoms with Gasteiger partial charge < -0.3 is 10.2 Å². The third kappa shape index (κ3) is 5.51. The fourth-order valence-electron chi connectivity index (χ4n) is 3.35. The van der Waals surface area contributed by atoms with E-state index in [0.29, 0.717) is 6.54 Å². The molecule has 6 heteroatoms. The van der Waals surface area contributed by atoms with Gasteiger partial charge in [-0.05, 0) is 50.7 Å².